The minimum Gasteiger partial charge on any atom is -0.394 e. The number of aliphatic hydroxyl groups is 8. The van der Waals surface area contributed by atoms with Gasteiger partial charge < -0.3 is 71.6 Å². The largest absolute Gasteiger partial charge is 0.394 e. The number of amides is 4. The Morgan fingerprint density at radius 2 is 0.955 bits per heavy atom. The molecule has 0 aromatic carbocycles. The molecular formula is C27H50N4O13. The maximum absolute atomic E-state index is 12.7. The molecule has 0 aromatic heterocycles. The summed E-state index contributed by atoms with van der Waals surface area (Å²) in [7, 11) is 0. The summed E-state index contributed by atoms with van der Waals surface area (Å²) in [6.45, 7) is 5.96. The molecule has 2 rings (SSSR count). The third-order valence-electron chi connectivity index (χ3n) is 7.66. The number of carbonyl (C=O) groups is 3. The molecule has 2 aliphatic heterocycles. The molecule has 17 nitrogen and oxygen atoms in total. The summed E-state index contributed by atoms with van der Waals surface area (Å²) in [6.07, 6.45) is -14.4. The first-order chi connectivity index (χ1) is 20.4. The Bertz CT molecular complexity index is 891. The molecule has 44 heavy (non-hydrogen) atoms. The monoisotopic (exact) mass is 638 g/mol. The lowest BCUT2D eigenvalue weighted by molar-refractivity contribution is -0.229. The van der Waals surface area contributed by atoms with Crippen LogP contribution in [0.3, 0.4) is 0 Å². The van der Waals surface area contributed by atoms with Crippen molar-refractivity contribution in [1.82, 2.24) is 21.3 Å². The van der Waals surface area contributed by atoms with Gasteiger partial charge in [0.25, 0.3) is 0 Å². The predicted molar refractivity (Wildman–Crippen MR) is 152 cm³/mol. The highest BCUT2D eigenvalue weighted by atomic mass is 16.6. The Morgan fingerprint density at radius 1 is 0.591 bits per heavy atom. The number of urea groups is 1. The van der Waals surface area contributed by atoms with Gasteiger partial charge in [0, 0.05) is 24.2 Å². The SMILES string of the molecule is CC(C)(C)NC(=O)NC(C)(CCNC(=O)C[C@@H]1O[C@H](CO)[C@H](O)[C@H](O)[C@H]1O)CCNC(=O)C[C@@H]1O[C@H](CO)[C@H](O)[C@H](O)[C@H]1O. The summed E-state index contributed by atoms with van der Waals surface area (Å²) in [6, 6.07) is -0.486. The zero-order valence-corrected chi connectivity index (χ0v) is 25.5. The van der Waals surface area contributed by atoms with Gasteiger partial charge in [-0.25, -0.2) is 4.79 Å². The summed E-state index contributed by atoms with van der Waals surface area (Å²) in [5.41, 5.74) is -1.51. The summed E-state index contributed by atoms with van der Waals surface area (Å²) < 4.78 is 10.7. The van der Waals surface area contributed by atoms with Gasteiger partial charge in [-0.05, 0) is 40.5 Å². The van der Waals surface area contributed by atoms with Crippen LogP contribution >= 0.6 is 0 Å². The average molecular weight is 639 g/mol. The Kier molecular flexibility index (Phi) is 14.2. The van der Waals surface area contributed by atoms with Crippen LogP contribution in [0.5, 0.6) is 0 Å². The van der Waals surface area contributed by atoms with Crippen molar-refractivity contribution in [3.63, 3.8) is 0 Å². The van der Waals surface area contributed by atoms with Crippen LogP contribution in [0.4, 0.5) is 4.79 Å². The van der Waals surface area contributed by atoms with Gasteiger partial charge in [-0.3, -0.25) is 9.59 Å². The second kappa shape index (κ2) is 16.4. The molecule has 0 radical (unpaired) electrons. The van der Waals surface area contributed by atoms with E-state index in [1.165, 1.54) is 0 Å². The molecule has 17 heteroatoms. The van der Waals surface area contributed by atoms with Crippen LogP contribution in [0.2, 0.25) is 0 Å². The summed E-state index contributed by atoms with van der Waals surface area (Å²) in [5, 5.41) is 89.7. The van der Waals surface area contributed by atoms with E-state index < -0.39 is 103 Å². The molecule has 0 unspecified atom stereocenters. The van der Waals surface area contributed by atoms with Crippen LogP contribution in [-0.2, 0) is 19.1 Å². The van der Waals surface area contributed by atoms with Crippen molar-refractivity contribution in [2.45, 2.75) is 125 Å². The van der Waals surface area contributed by atoms with Gasteiger partial charge in [-0.2, -0.15) is 0 Å². The number of rotatable bonds is 13. The molecule has 0 aromatic rings. The molecule has 2 fully saturated rings. The van der Waals surface area contributed by atoms with Crippen molar-refractivity contribution in [3.8, 4) is 0 Å². The van der Waals surface area contributed by atoms with Crippen molar-refractivity contribution in [2.24, 2.45) is 0 Å². The number of aliphatic hydroxyl groups excluding tert-OH is 8. The lowest BCUT2D eigenvalue weighted by Crippen LogP contribution is -2.59. The summed E-state index contributed by atoms with van der Waals surface area (Å²) in [4.78, 5) is 37.9. The minimum absolute atomic E-state index is 0.0569. The van der Waals surface area contributed by atoms with Gasteiger partial charge in [0.1, 0.15) is 48.8 Å². The standard InChI is InChI=1S/C27H50N4O13/c1-26(2,3)30-25(42)31-27(4,5-7-28-17(34)9-13-19(36)23(40)21(38)15(11-32)43-13)6-8-29-18(35)10-14-20(37)24(41)22(39)16(12-33)44-14/h13-16,19-24,32-33,36-41H,5-12H2,1-4H3,(H,28,34)(H,29,35)(H2,30,31,42)/t13-,14-,15+,16+,19-,20-,21-,22-,23+,24+/m0/s1. The zero-order chi connectivity index (χ0) is 33.4. The van der Waals surface area contributed by atoms with Gasteiger partial charge in [-0.15, -0.1) is 0 Å². The molecule has 2 aliphatic rings. The maximum atomic E-state index is 12.7. The predicted octanol–water partition coefficient (Wildman–Crippen LogP) is -4.68. The molecule has 0 bridgehead atoms. The van der Waals surface area contributed by atoms with Gasteiger partial charge in [0.2, 0.25) is 11.8 Å². The fraction of sp³-hybridized carbons (Fsp3) is 0.889. The normalized spacial score (nSPS) is 32.9. The van der Waals surface area contributed by atoms with Gasteiger partial charge >= 0.3 is 6.03 Å². The van der Waals surface area contributed by atoms with E-state index in [9.17, 15) is 55.2 Å². The first kappa shape index (κ1) is 38.0. The molecule has 0 spiro atoms. The van der Waals surface area contributed by atoms with E-state index in [1.807, 2.05) is 0 Å². The van der Waals surface area contributed by atoms with Gasteiger partial charge in [-0.1, -0.05) is 0 Å². The van der Waals surface area contributed by atoms with Crippen LogP contribution < -0.4 is 21.3 Å². The van der Waals surface area contributed by atoms with Crippen molar-refractivity contribution in [2.75, 3.05) is 26.3 Å². The molecule has 0 aliphatic carbocycles. The third-order valence-corrected chi connectivity index (χ3v) is 7.66. The van der Waals surface area contributed by atoms with Gasteiger partial charge in [0.05, 0.1) is 38.3 Å². The number of hydrogen-bond acceptors (Lipinski definition) is 13. The zero-order valence-electron chi connectivity index (χ0n) is 25.5. The highest BCUT2D eigenvalue weighted by Crippen LogP contribution is 2.24. The molecule has 256 valence electrons. The van der Waals surface area contributed by atoms with Gasteiger partial charge in [0.15, 0.2) is 0 Å². The topological polar surface area (TPSA) is 280 Å². The lowest BCUT2D eigenvalue weighted by atomic mass is 9.92. The number of carbonyl (C=O) groups excluding carboxylic acids is 3. The van der Waals surface area contributed by atoms with E-state index in [0.29, 0.717) is 0 Å². The van der Waals surface area contributed by atoms with Crippen LogP contribution in [0.1, 0.15) is 53.4 Å². The molecule has 10 atom stereocenters. The quantitative estimate of drug-likeness (QED) is 0.0905. The van der Waals surface area contributed by atoms with E-state index in [2.05, 4.69) is 21.3 Å². The number of ether oxygens (including phenoxy) is 2. The first-order valence-corrected chi connectivity index (χ1v) is 14.7. The highest BCUT2D eigenvalue weighted by molar-refractivity contribution is 5.77. The number of hydrogen-bond donors (Lipinski definition) is 12. The average Bonchev–Trinajstić information content (AvgIpc) is 2.92. The second-order valence-corrected chi connectivity index (χ2v) is 12.7. The van der Waals surface area contributed by atoms with Crippen molar-refractivity contribution >= 4 is 17.8 Å². The number of nitrogens with one attached hydrogen (secondary N) is 4. The first-order valence-electron chi connectivity index (χ1n) is 14.7. The highest BCUT2D eigenvalue weighted by Gasteiger charge is 2.45. The van der Waals surface area contributed by atoms with Crippen LogP contribution in [0.25, 0.3) is 0 Å². The van der Waals surface area contributed by atoms with E-state index in [1.54, 1.807) is 27.7 Å². The minimum atomic E-state index is -1.61. The third kappa shape index (κ3) is 11.0. The maximum Gasteiger partial charge on any atom is 0.315 e. The summed E-state index contributed by atoms with van der Waals surface area (Å²) >= 11 is 0. The van der Waals surface area contributed by atoms with E-state index in [-0.39, 0.29) is 38.8 Å². The molecule has 0 saturated carbocycles. The Balaban J connectivity index is 1.95. The van der Waals surface area contributed by atoms with Crippen molar-refractivity contribution in [3.05, 3.63) is 0 Å². The van der Waals surface area contributed by atoms with Crippen LogP contribution in [0.15, 0.2) is 0 Å². The van der Waals surface area contributed by atoms with Crippen LogP contribution in [-0.4, -0.2) is 157 Å². The fourth-order valence-electron chi connectivity index (χ4n) is 5.06. The molecule has 2 saturated heterocycles. The lowest BCUT2D eigenvalue weighted by Gasteiger charge is -2.40. The Labute approximate surface area is 255 Å². The second-order valence-electron chi connectivity index (χ2n) is 12.7. The van der Waals surface area contributed by atoms with Crippen molar-refractivity contribution < 1.29 is 64.7 Å². The Morgan fingerprint density at radius 3 is 1.30 bits per heavy atom. The molecule has 12 N–H and O–H groups in total. The summed E-state index contributed by atoms with van der Waals surface area (Å²) in [5.74, 6) is -1.10. The van der Waals surface area contributed by atoms with Crippen molar-refractivity contribution in [1.29, 1.82) is 0 Å². The fourth-order valence-corrected chi connectivity index (χ4v) is 5.06. The Hall–Kier alpha value is -2.19. The van der Waals surface area contributed by atoms with E-state index >= 15 is 0 Å². The molecule has 2 heterocycles. The van der Waals surface area contributed by atoms with Crippen LogP contribution in [0, 0.1) is 0 Å². The van der Waals surface area contributed by atoms with E-state index in [4.69, 9.17) is 9.47 Å². The smallest absolute Gasteiger partial charge is 0.315 e. The molecular weight excluding hydrogens is 588 g/mol. The van der Waals surface area contributed by atoms with E-state index in [0.717, 1.165) is 0 Å². The molecule has 4 amide bonds.